The molecule has 1 fully saturated rings. The number of benzene rings is 1. The highest BCUT2D eigenvalue weighted by molar-refractivity contribution is 5.85. The number of carbonyl (C=O) groups is 1. The maximum atomic E-state index is 11.2. The van der Waals surface area contributed by atoms with Gasteiger partial charge in [0.25, 0.3) is 0 Å². The Morgan fingerprint density at radius 2 is 1.79 bits per heavy atom. The number of carbonyl (C=O) groups excluding carboxylic acids is 1. The molecule has 1 N–H and O–H groups in total. The minimum absolute atomic E-state index is 0.358. The monoisotopic (exact) mass is 453 g/mol. The van der Waals surface area contributed by atoms with E-state index in [1.807, 2.05) is 25.3 Å². The summed E-state index contributed by atoms with van der Waals surface area (Å²) in [5.74, 6) is 0. The van der Waals surface area contributed by atoms with Crippen LogP contribution in [0, 0.1) is 0 Å². The normalized spacial score (nSPS) is 15.8. The van der Waals surface area contributed by atoms with Gasteiger partial charge in [-0.3, -0.25) is 19.1 Å². The predicted octanol–water partition coefficient (Wildman–Crippen LogP) is 2.49. The van der Waals surface area contributed by atoms with Gasteiger partial charge in [-0.25, -0.2) is 5.06 Å². The van der Waals surface area contributed by atoms with E-state index in [-0.39, 0.29) is 5.60 Å². The predicted molar refractivity (Wildman–Crippen MR) is 128 cm³/mol. The Hall–Kier alpha value is -2.75. The van der Waals surface area contributed by atoms with E-state index < -0.39 is 0 Å². The van der Waals surface area contributed by atoms with E-state index in [4.69, 9.17) is 4.84 Å². The van der Waals surface area contributed by atoms with E-state index in [2.05, 4.69) is 49.4 Å². The first kappa shape index (κ1) is 23.4. The Labute approximate surface area is 195 Å². The molecule has 1 amide bonds. The van der Waals surface area contributed by atoms with Crippen molar-refractivity contribution in [1.29, 1.82) is 0 Å². The molecule has 0 radical (unpaired) electrons. The number of nitrogens with zero attached hydrogens (tertiary/aromatic N) is 6. The Kier molecular flexibility index (Phi) is 7.42. The zero-order valence-electron chi connectivity index (χ0n) is 19.9. The van der Waals surface area contributed by atoms with Crippen LogP contribution < -0.4 is 0 Å². The Balaban J connectivity index is 1.21. The standard InChI is InChI=1S/C24H35N7O2/c1-24(2,3)33-31(19-32)14-13-29-11-9-28(10-12-29)8-4-5-20-16-25-23-7-6-21(15-22(20)23)30-17-26-27-18-30/h6-7,15-19,25H,4-5,8-14H2,1-3H3. The first-order chi connectivity index (χ1) is 15.9. The summed E-state index contributed by atoms with van der Waals surface area (Å²) >= 11 is 0. The molecule has 178 valence electrons. The number of aromatic nitrogens is 4. The summed E-state index contributed by atoms with van der Waals surface area (Å²) in [7, 11) is 0. The summed E-state index contributed by atoms with van der Waals surface area (Å²) in [6.07, 6.45) is 8.54. The van der Waals surface area contributed by atoms with Crippen LogP contribution in [-0.4, -0.2) is 92.4 Å². The maximum Gasteiger partial charge on any atom is 0.233 e. The third-order valence-corrected chi connectivity index (χ3v) is 6.00. The topological polar surface area (TPSA) is 82.5 Å². The van der Waals surface area contributed by atoms with Gasteiger partial charge in [-0.1, -0.05) is 0 Å². The van der Waals surface area contributed by atoms with E-state index in [1.54, 1.807) is 12.7 Å². The Bertz CT molecular complexity index is 1020. The number of hydrogen-bond donors (Lipinski definition) is 1. The van der Waals surface area contributed by atoms with Crippen molar-refractivity contribution in [2.45, 2.75) is 39.2 Å². The fourth-order valence-corrected chi connectivity index (χ4v) is 4.31. The summed E-state index contributed by atoms with van der Waals surface area (Å²) in [5.41, 5.74) is 3.23. The number of H-pyrrole nitrogens is 1. The number of aromatic amines is 1. The molecular formula is C24H35N7O2. The summed E-state index contributed by atoms with van der Waals surface area (Å²) in [4.78, 5) is 25.3. The van der Waals surface area contributed by atoms with Crippen molar-refractivity contribution in [3.8, 4) is 5.69 Å². The summed E-state index contributed by atoms with van der Waals surface area (Å²) < 4.78 is 1.93. The SMILES string of the molecule is CC(C)(C)ON(C=O)CCN1CCN(CCCc2c[nH]c3ccc(-n4cnnc4)cc23)CC1. The average Bonchev–Trinajstić information content (AvgIpc) is 3.47. The first-order valence-electron chi connectivity index (χ1n) is 11.7. The zero-order chi connectivity index (χ0) is 23.3. The second-order valence-electron chi connectivity index (χ2n) is 9.65. The van der Waals surface area contributed by atoms with Crippen molar-refractivity contribution in [3.05, 3.63) is 42.6 Å². The highest BCUT2D eigenvalue weighted by Crippen LogP contribution is 2.23. The molecular weight excluding hydrogens is 418 g/mol. The molecule has 1 aliphatic heterocycles. The van der Waals surface area contributed by atoms with Crippen molar-refractivity contribution in [2.75, 3.05) is 45.8 Å². The lowest BCUT2D eigenvalue weighted by atomic mass is 10.1. The van der Waals surface area contributed by atoms with Gasteiger partial charge >= 0.3 is 0 Å². The van der Waals surface area contributed by atoms with Gasteiger partial charge in [-0.05, 0) is 63.9 Å². The number of amides is 1. The molecule has 0 saturated carbocycles. The van der Waals surface area contributed by atoms with Gasteiger partial charge < -0.3 is 9.88 Å². The highest BCUT2D eigenvalue weighted by atomic mass is 16.7. The number of piperazine rings is 1. The summed E-state index contributed by atoms with van der Waals surface area (Å²) in [6.45, 7) is 12.6. The van der Waals surface area contributed by atoms with Crippen LogP contribution in [0.25, 0.3) is 16.6 Å². The van der Waals surface area contributed by atoms with Crippen LogP contribution in [0.5, 0.6) is 0 Å². The number of rotatable bonds is 10. The smallest absolute Gasteiger partial charge is 0.233 e. The minimum Gasteiger partial charge on any atom is -0.361 e. The molecule has 0 aliphatic carbocycles. The third-order valence-electron chi connectivity index (χ3n) is 6.00. The van der Waals surface area contributed by atoms with Crippen LogP contribution >= 0.6 is 0 Å². The molecule has 3 heterocycles. The van der Waals surface area contributed by atoms with Gasteiger partial charge in [0.15, 0.2) is 0 Å². The van der Waals surface area contributed by atoms with Crippen molar-refractivity contribution < 1.29 is 9.63 Å². The van der Waals surface area contributed by atoms with Crippen LogP contribution in [0.15, 0.2) is 37.1 Å². The Morgan fingerprint density at radius 3 is 2.45 bits per heavy atom. The van der Waals surface area contributed by atoms with Crippen molar-refractivity contribution in [1.82, 2.24) is 34.6 Å². The van der Waals surface area contributed by atoms with Crippen molar-refractivity contribution in [2.24, 2.45) is 0 Å². The van der Waals surface area contributed by atoms with E-state index in [0.29, 0.717) is 6.54 Å². The average molecular weight is 454 g/mol. The fraction of sp³-hybridized carbons (Fsp3) is 0.542. The lowest BCUT2D eigenvalue weighted by molar-refractivity contribution is -0.217. The molecule has 33 heavy (non-hydrogen) atoms. The number of hydroxylamine groups is 2. The van der Waals surface area contributed by atoms with E-state index in [1.165, 1.54) is 16.0 Å². The molecule has 1 saturated heterocycles. The summed E-state index contributed by atoms with van der Waals surface area (Å²) in [6, 6.07) is 6.40. The lowest BCUT2D eigenvalue weighted by Crippen LogP contribution is -2.49. The highest BCUT2D eigenvalue weighted by Gasteiger charge is 2.20. The van der Waals surface area contributed by atoms with Crippen molar-refractivity contribution in [3.63, 3.8) is 0 Å². The molecule has 3 aromatic rings. The van der Waals surface area contributed by atoms with E-state index >= 15 is 0 Å². The van der Waals surface area contributed by atoms with Crippen LogP contribution in [0.4, 0.5) is 0 Å². The molecule has 0 unspecified atom stereocenters. The molecule has 9 nitrogen and oxygen atoms in total. The molecule has 9 heteroatoms. The quantitative estimate of drug-likeness (QED) is 0.375. The number of hydrogen-bond acceptors (Lipinski definition) is 6. The molecule has 4 rings (SSSR count). The largest absolute Gasteiger partial charge is 0.361 e. The Morgan fingerprint density at radius 1 is 1.09 bits per heavy atom. The number of nitrogens with one attached hydrogen (secondary N) is 1. The van der Waals surface area contributed by atoms with Crippen LogP contribution in [0.3, 0.4) is 0 Å². The molecule has 0 spiro atoms. The summed E-state index contributed by atoms with van der Waals surface area (Å²) in [5, 5.41) is 10.5. The number of fused-ring (bicyclic) bond motifs is 1. The van der Waals surface area contributed by atoms with E-state index in [0.717, 1.165) is 69.7 Å². The van der Waals surface area contributed by atoms with Gasteiger partial charge in [-0.15, -0.1) is 10.2 Å². The lowest BCUT2D eigenvalue weighted by Gasteiger charge is -2.36. The zero-order valence-corrected chi connectivity index (χ0v) is 19.9. The molecule has 1 aromatic carbocycles. The second-order valence-corrected chi connectivity index (χ2v) is 9.65. The van der Waals surface area contributed by atoms with Gasteiger partial charge in [0.05, 0.1) is 12.1 Å². The first-order valence-corrected chi connectivity index (χ1v) is 11.7. The molecule has 2 aromatic heterocycles. The van der Waals surface area contributed by atoms with Gasteiger partial charge in [0.2, 0.25) is 6.41 Å². The minimum atomic E-state index is -0.358. The maximum absolute atomic E-state index is 11.2. The van der Waals surface area contributed by atoms with Gasteiger partial charge in [0, 0.05) is 55.5 Å². The van der Waals surface area contributed by atoms with Crippen LogP contribution in [0.1, 0.15) is 32.8 Å². The van der Waals surface area contributed by atoms with Gasteiger partial charge in [0.1, 0.15) is 12.7 Å². The molecule has 1 aliphatic rings. The third kappa shape index (κ3) is 6.40. The fourth-order valence-electron chi connectivity index (χ4n) is 4.31. The van der Waals surface area contributed by atoms with Crippen LogP contribution in [0.2, 0.25) is 0 Å². The second kappa shape index (κ2) is 10.5. The number of aryl methyl sites for hydroxylation is 1. The molecule has 0 atom stereocenters. The molecule has 0 bridgehead atoms. The van der Waals surface area contributed by atoms with E-state index in [9.17, 15) is 4.79 Å². The van der Waals surface area contributed by atoms with Gasteiger partial charge in [-0.2, -0.15) is 0 Å². The van der Waals surface area contributed by atoms with Crippen LogP contribution in [-0.2, 0) is 16.1 Å². The van der Waals surface area contributed by atoms with Crippen molar-refractivity contribution >= 4 is 17.3 Å².